The molecule has 1 amide bonds. The summed E-state index contributed by atoms with van der Waals surface area (Å²) in [6.07, 6.45) is 3.16. The quantitative estimate of drug-likeness (QED) is 0.493. The average molecular weight is 430 g/mol. The van der Waals surface area contributed by atoms with Crippen molar-refractivity contribution in [3.8, 4) is 0 Å². The van der Waals surface area contributed by atoms with E-state index in [4.69, 9.17) is 4.74 Å². The Balaban J connectivity index is 1.53. The molecule has 1 aromatic heterocycles. The maximum Gasteiger partial charge on any atom is 0.227 e. The number of carbonyl (C=O) groups excluding carboxylic acids is 1. The number of methoxy groups -OCH3 is 1. The van der Waals surface area contributed by atoms with E-state index in [9.17, 15) is 4.79 Å². The summed E-state index contributed by atoms with van der Waals surface area (Å²) in [6.45, 7) is 3.27. The standard InChI is InChI=1S/C22H31N5O2S/c1-15(29-4)21-26-19(14-30-21)13-27(3)22(23-2)24-12-16-7-5-10-18(11-16)25-20(28)17-8-6-9-17/h5,7,10-11,14-15,17H,6,8-9,12-13H2,1-4H3,(H,23,24)(H,25,28). The van der Waals surface area contributed by atoms with E-state index in [0.29, 0.717) is 13.1 Å². The van der Waals surface area contributed by atoms with Crippen molar-refractivity contribution >= 4 is 28.9 Å². The fourth-order valence-electron chi connectivity index (χ4n) is 3.24. The van der Waals surface area contributed by atoms with Crippen molar-refractivity contribution in [2.75, 3.05) is 26.5 Å². The summed E-state index contributed by atoms with van der Waals surface area (Å²) in [7, 11) is 5.45. The van der Waals surface area contributed by atoms with Crippen LogP contribution >= 0.6 is 11.3 Å². The minimum Gasteiger partial charge on any atom is -0.375 e. The van der Waals surface area contributed by atoms with Crippen LogP contribution in [0.25, 0.3) is 0 Å². The number of aromatic nitrogens is 1. The number of rotatable bonds is 8. The number of thiazole rings is 1. The smallest absolute Gasteiger partial charge is 0.227 e. The van der Waals surface area contributed by atoms with Gasteiger partial charge in [0.15, 0.2) is 5.96 Å². The zero-order valence-corrected chi connectivity index (χ0v) is 19.0. The Hall–Kier alpha value is -2.45. The number of nitrogens with zero attached hydrogens (tertiary/aromatic N) is 3. The van der Waals surface area contributed by atoms with E-state index in [0.717, 1.165) is 47.2 Å². The first-order valence-electron chi connectivity index (χ1n) is 10.3. The molecule has 0 saturated heterocycles. The lowest BCUT2D eigenvalue weighted by Gasteiger charge is -2.24. The molecule has 1 aromatic carbocycles. The third kappa shape index (κ3) is 5.79. The van der Waals surface area contributed by atoms with Gasteiger partial charge in [0, 0.05) is 44.7 Å². The molecule has 2 aromatic rings. The van der Waals surface area contributed by atoms with Crippen LogP contribution in [0.15, 0.2) is 34.6 Å². The fraction of sp³-hybridized carbons (Fsp3) is 0.500. The topological polar surface area (TPSA) is 78.9 Å². The molecule has 7 nitrogen and oxygen atoms in total. The molecule has 3 rings (SSSR count). The van der Waals surface area contributed by atoms with Crippen molar-refractivity contribution in [1.29, 1.82) is 0 Å². The molecule has 0 radical (unpaired) electrons. The van der Waals surface area contributed by atoms with Crippen LogP contribution in [0.2, 0.25) is 0 Å². The third-order valence-electron chi connectivity index (χ3n) is 5.36. The number of amides is 1. The van der Waals surface area contributed by atoms with Gasteiger partial charge in [-0.1, -0.05) is 18.6 Å². The lowest BCUT2D eigenvalue weighted by Crippen LogP contribution is -2.38. The highest BCUT2D eigenvalue weighted by atomic mass is 32.1. The van der Waals surface area contributed by atoms with Crippen LogP contribution in [0.1, 0.15) is 48.6 Å². The summed E-state index contributed by atoms with van der Waals surface area (Å²) in [5.41, 5.74) is 2.92. The van der Waals surface area contributed by atoms with Gasteiger partial charge >= 0.3 is 0 Å². The highest BCUT2D eigenvalue weighted by molar-refractivity contribution is 7.09. The first kappa shape index (κ1) is 22.2. The van der Waals surface area contributed by atoms with Gasteiger partial charge < -0.3 is 20.3 Å². The minimum absolute atomic E-state index is 0.00329. The molecule has 8 heteroatoms. The van der Waals surface area contributed by atoms with Gasteiger partial charge in [0.2, 0.25) is 5.91 Å². The highest BCUT2D eigenvalue weighted by Crippen LogP contribution is 2.27. The number of hydrogen-bond donors (Lipinski definition) is 2. The largest absolute Gasteiger partial charge is 0.375 e. The van der Waals surface area contributed by atoms with E-state index in [1.54, 1.807) is 25.5 Å². The molecule has 1 atom stereocenters. The van der Waals surface area contributed by atoms with E-state index < -0.39 is 0 Å². The Kier molecular flexibility index (Phi) is 7.81. The minimum atomic E-state index is 0.00329. The number of carbonyl (C=O) groups is 1. The number of hydrogen-bond acceptors (Lipinski definition) is 5. The van der Waals surface area contributed by atoms with E-state index in [1.807, 2.05) is 43.1 Å². The number of aliphatic imine (C=N–C) groups is 1. The van der Waals surface area contributed by atoms with E-state index in [-0.39, 0.29) is 17.9 Å². The summed E-state index contributed by atoms with van der Waals surface area (Å²) >= 11 is 1.61. The van der Waals surface area contributed by atoms with Gasteiger partial charge in [0.1, 0.15) is 11.1 Å². The Morgan fingerprint density at radius 3 is 2.90 bits per heavy atom. The van der Waals surface area contributed by atoms with Gasteiger partial charge in [-0.2, -0.15) is 0 Å². The second-order valence-corrected chi connectivity index (χ2v) is 8.52. The SMILES string of the molecule is CN=C(NCc1cccc(NC(=O)C2CCC2)c1)N(C)Cc1csc(C(C)OC)n1. The van der Waals surface area contributed by atoms with Crippen LogP contribution in [-0.2, 0) is 22.6 Å². The van der Waals surface area contributed by atoms with E-state index in [2.05, 4.69) is 26.0 Å². The molecule has 1 heterocycles. The first-order valence-corrected chi connectivity index (χ1v) is 11.2. The Morgan fingerprint density at radius 2 is 2.23 bits per heavy atom. The van der Waals surface area contributed by atoms with Crippen molar-refractivity contribution in [3.05, 3.63) is 45.9 Å². The molecule has 30 heavy (non-hydrogen) atoms. The van der Waals surface area contributed by atoms with Crippen molar-refractivity contribution in [2.24, 2.45) is 10.9 Å². The molecule has 1 unspecified atom stereocenters. The van der Waals surface area contributed by atoms with E-state index in [1.165, 1.54) is 0 Å². The Morgan fingerprint density at radius 1 is 1.43 bits per heavy atom. The zero-order valence-electron chi connectivity index (χ0n) is 18.1. The number of guanidine groups is 1. The van der Waals surface area contributed by atoms with Crippen molar-refractivity contribution < 1.29 is 9.53 Å². The predicted octanol–water partition coefficient (Wildman–Crippen LogP) is 3.80. The third-order valence-corrected chi connectivity index (χ3v) is 6.42. The second-order valence-electron chi connectivity index (χ2n) is 7.63. The van der Waals surface area contributed by atoms with Crippen LogP contribution in [0.4, 0.5) is 5.69 Å². The lowest BCUT2D eigenvalue weighted by atomic mass is 9.85. The van der Waals surface area contributed by atoms with Gasteiger partial charge in [0.25, 0.3) is 0 Å². The number of nitrogens with one attached hydrogen (secondary N) is 2. The summed E-state index contributed by atoms with van der Waals surface area (Å²) in [4.78, 5) is 23.3. The Bertz CT molecular complexity index is 878. The van der Waals surface area contributed by atoms with E-state index >= 15 is 0 Å². The normalized spacial score (nSPS) is 15.4. The molecule has 0 spiro atoms. The van der Waals surface area contributed by atoms with Gasteiger partial charge in [-0.25, -0.2) is 4.98 Å². The predicted molar refractivity (Wildman–Crippen MR) is 122 cm³/mol. The fourth-order valence-corrected chi connectivity index (χ4v) is 4.08. The maximum atomic E-state index is 12.2. The molecule has 2 N–H and O–H groups in total. The molecule has 1 fully saturated rings. The van der Waals surface area contributed by atoms with Crippen LogP contribution in [0.3, 0.4) is 0 Å². The van der Waals surface area contributed by atoms with Gasteiger partial charge in [-0.3, -0.25) is 9.79 Å². The monoisotopic (exact) mass is 429 g/mol. The molecule has 1 aliphatic rings. The molecular weight excluding hydrogens is 398 g/mol. The molecule has 1 saturated carbocycles. The molecular formula is C22H31N5O2S. The van der Waals surface area contributed by atoms with Crippen LogP contribution in [-0.4, -0.2) is 43.0 Å². The second kappa shape index (κ2) is 10.5. The summed E-state index contributed by atoms with van der Waals surface area (Å²) in [6, 6.07) is 7.95. The average Bonchev–Trinajstić information content (AvgIpc) is 3.15. The molecule has 162 valence electrons. The lowest BCUT2D eigenvalue weighted by molar-refractivity contribution is -0.122. The van der Waals surface area contributed by atoms with Crippen LogP contribution in [0.5, 0.6) is 0 Å². The van der Waals surface area contributed by atoms with Crippen LogP contribution < -0.4 is 10.6 Å². The first-order chi connectivity index (χ1) is 14.5. The van der Waals surface area contributed by atoms with Crippen molar-refractivity contribution in [2.45, 2.75) is 45.4 Å². The molecule has 0 bridgehead atoms. The van der Waals surface area contributed by atoms with Gasteiger partial charge in [0.05, 0.1) is 12.2 Å². The number of benzene rings is 1. The number of ether oxygens (including phenoxy) is 1. The van der Waals surface area contributed by atoms with Crippen molar-refractivity contribution in [1.82, 2.24) is 15.2 Å². The van der Waals surface area contributed by atoms with Crippen molar-refractivity contribution in [3.63, 3.8) is 0 Å². The van der Waals surface area contributed by atoms with Gasteiger partial charge in [-0.05, 0) is 37.5 Å². The number of anilines is 1. The Labute approximate surface area is 182 Å². The summed E-state index contributed by atoms with van der Waals surface area (Å²) < 4.78 is 5.34. The zero-order chi connectivity index (χ0) is 21.5. The molecule has 1 aliphatic carbocycles. The summed E-state index contributed by atoms with van der Waals surface area (Å²) in [5.74, 6) is 1.10. The van der Waals surface area contributed by atoms with Crippen LogP contribution in [0, 0.1) is 5.92 Å². The van der Waals surface area contributed by atoms with Gasteiger partial charge in [-0.15, -0.1) is 11.3 Å². The molecule has 0 aliphatic heterocycles. The summed E-state index contributed by atoms with van der Waals surface area (Å²) in [5, 5.41) is 9.45. The maximum absolute atomic E-state index is 12.2. The highest BCUT2D eigenvalue weighted by Gasteiger charge is 2.25.